The average Bonchev–Trinajstić information content (AvgIpc) is 3.06. The van der Waals surface area contributed by atoms with E-state index in [-0.39, 0.29) is 30.7 Å². The molecule has 0 saturated heterocycles. The number of hydrogen-bond donors (Lipinski definition) is 3. The molecule has 0 aliphatic rings. The van der Waals surface area contributed by atoms with Crippen molar-refractivity contribution in [3.05, 3.63) is 70.2 Å². The molecule has 2 rings (SSSR count). The van der Waals surface area contributed by atoms with E-state index in [9.17, 15) is 9.90 Å². The second kappa shape index (κ2) is 25.2. The summed E-state index contributed by atoms with van der Waals surface area (Å²) >= 11 is 0. The molecule has 0 heterocycles. The molecule has 266 valence electrons. The Morgan fingerprint density at radius 2 is 1.53 bits per heavy atom. The molecule has 3 atom stereocenters. The van der Waals surface area contributed by atoms with Gasteiger partial charge in [0.15, 0.2) is 0 Å². The van der Waals surface area contributed by atoms with Crippen LogP contribution in [0.15, 0.2) is 47.7 Å². The van der Waals surface area contributed by atoms with Gasteiger partial charge in [0.1, 0.15) is 11.9 Å². The van der Waals surface area contributed by atoms with Crippen LogP contribution in [-0.2, 0) is 16.0 Å². The van der Waals surface area contributed by atoms with Gasteiger partial charge in [0.25, 0.3) is 5.91 Å². The van der Waals surface area contributed by atoms with Crippen molar-refractivity contribution >= 4 is 12.1 Å². The molecular formula is C41H67FN2O3. The Balaban J connectivity index is 0.00000184. The van der Waals surface area contributed by atoms with E-state index in [1.165, 1.54) is 38.0 Å². The Labute approximate surface area is 287 Å². The number of rotatable bonds is 18. The first-order valence-electron chi connectivity index (χ1n) is 18.1. The highest BCUT2D eigenvalue weighted by Crippen LogP contribution is 2.26. The summed E-state index contributed by atoms with van der Waals surface area (Å²) in [6.07, 6.45) is 8.85. The predicted octanol–water partition coefficient (Wildman–Crippen LogP) is 11.0. The number of amides is 1. The first kappa shape index (κ1) is 44.2. The van der Waals surface area contributed by atoms with Crippen LogP contribution in [0, 0.1) is 30.0 Å². The standard InChI is InChI=1S/C31H43FN2O3.C8H18.C2H6/c1-7-10-21(5)29(35)19-37-30(9-3)31(36)34-28(20(4)8-2)17-25-13-11-24(16-27(25)32)23-12-14-26(18-33)22(6)15-23;1-4-6-8(3)7-5-2;1-2/h11-16,18,21,29-30,33,35H,7-10,17,19H2,1-6H3,(H,34,36);8H,4-7H2,1-3H3;1-2H3. The topological polar surface area (TPSA) is 82.4 Å². The first-order valence-corrected chi connectivity index (χ1v) is 18.1. The molecule has 2 aromatic carbocycles. The van der Waals surface area contributed by atoms with E-state index in [0.717, 1.165) is 53.0 Å². The van der Waals surface area contributed by atoms with E-state index in [1.807, 2.05) is 72.7 Å². The van der Waals surface area contributed by atoms with Crippen LogP contribution in [0.1, 0.15) is 137 Å². The average molecular weight is 655 g/mol. The minimum absolute atomic E-state index is 0.104. The van der Waals surface area contributed by atoms with Crippen molar-refractivity contribution in [1.82, 2.24) is 5.32 Å². The quantitative estimate of drug-likeness (QED) is 0.140. The normalized spacial score (nSPS) is 13.3. The lowest BCUT2D eigenvalue weighted by Crippen LogP contribution is -2.38. The Bertz CT molecular complexity index is 1200. The van der Waals surface area contributed by atoms with Gasteiger partial charge in [-0.15, -0.1) is 0 Å². The van der Waals surface area contributed by atoms with Crippen molar-refractivity contribution in [3.63, 3.8) is 0 Å². The summed E-state index contributed by atoms with van der Waals surface area (Å²) in [5.74, 6) is 0.454. The molecule has 0 aliphatic carbocycles. The molecule has 3 N–H and O–H groups in total. The largest absolute Gasteiger partial charge is 0.390 e. The summed E-state index contributed by atoms with van der Waals surface area (Å²) in [6.45, 7) is 22.8. The molecular weight excluding hydrogens is 587 g/mol. The van der Waals surface area contributed by atoms with Crippen LogP contribution in [0.3, 0.4) is 0 Å². The van der Waals surface area contributed by atoms with Crippen LogP contribution in [0.4, 0.5) is 4.39 Å². The molecule has 0 spiro atoms. The lowest BCUT2D eigenvalue weighted by Gasteiger charge is -2.23. The van der Waals surface area contributed by atoms with Gasteiger partial charge in [-0.2, -0.15) is 0 Å². The first-order chi connectivity index (χ1) is 22.4. The highest BCUT2D eigenvalue weighted by Gasteiger charge is 2.22. The van der Waals surface area contributed by atoms with Crippen LogP contribution < -0.4 is 5.32 Å². The van der Waals surface area contributed by atoms with Crippen LogP contribution in [0.2, 0.25) is 0 Å². The third-order valence-electron chi connectivity index (χ3n) is 8.59. The van der Waals surface area contributed by atoms with Gasteiger partial charge in [-0.25, -0.2) is 4.39 Å². The van der Waals surface area contributed by atoms with Crippen molar-refractivity contribution in [2.24, 2.45) is 11.8 Å². The predicted molar refractivity (Wildman–Crippen MR) is 200 cm³/mol. The van der Waals surface area contributed by atoms with Crippen LogP contribution in [-0.4, -0.2) is 36.0 Å². The molecule has 0 aromatic heterocycles. The van der Waals surface area contributed by atoms with E-state index in [0.29, 0.717) is 17.7 Å². The molecule has 6 heteroatoms. The fourth-order valence-corrected chi connectivity index (χ4v) is 5.36. The van der Waals surface area contributed by atoms with Crippen LogP contribution >= 0.6 is 0 Å². The molecule has 0 saturated carbocycles. The van der Waals surface area contributed by atoms with Gasteiger partial charge in [-0.05, 0) is 78.8 Å². The smallest absolute Gasteiger partial charge is 0.253 e. The van der Waals surface area contributed by atoms with E-state index in [1.54, 1.807) is 6.07 Å². The molecule has 47 heavy (non-hydrogen) atoms. The third-order valence-corrected chi connectivity index (χ3v) is 8.59. The maximum atomic E-state index is 15.2. The van der Waals surface area contributed by atoms with Gasteiger partial charge in [0, 0.05) is 18.3 Å². The summed E-state index contributed by atoms with van der Waals surface area (Å²) in [6, 6.07) is 10.9. The summed E-state index contributed by atoms with van der Waals surface area (Å²) in [5.41, 5.74) is 5.59. The third kappa shape index (κ3) is 16.2. The number of halogens is 1. The van der Waals surface area contributed by atoms with Gasteiger partial charge in [-0.3, -0.25) is 4.79 Å². The molecule has 1 amide bonds. The maximum absolute atomic E-state index is 15.2. The molecule has 0 aliphatic heterocycles. The minimum Gasteiger partial charge on any atom is -0.390 e. The molecule has 3 unspecified atom stereocenters. The van der Waals surface area contributed by atoms with Gasteiger partial charge in [0.05, 0.1) is 12.7 Å². The second-order valence-electron chi connectivity index (χ2n) is 12.5. The monoisotopic (exact) mass is 655 g/mol. The van der Waals surface area contributed by atoms with Gasteiger partial charge in [0.2, 0.25) is 0 Å². The maximum Gasteiger partial charge on any atom is 0.253 e. The number of aliphatic hydroxyl groups is 1. The number of allylic oxidation sites excluding steroid dienone is 2. The number of aryl methyl sites for hydroxylation is 1. The minimum atomic E-state index is -0.692. The number of nitrogens with one attached hydrogen (secondary N) is 2. The molecule has 0 fully saturated rings. The van der Waals surface area contributed by atoms with Crippen molar-refractivity contribution in [2.75, 3.05) is 6.61 Å². The molecule has 0 bridgehead atoms. The highest BCUT2D eigenvalue weighted by molar-refractivity contribution is 5.83. The summed E-state index contributed by atoms with van der Waals surface area (Å²) < 4.78 is 21.0. The zero-order valence-corrected chi connectivity index (χ0v) is 31.6. The fraction of sp³-hybridized carbons (Fsp3) is 0.610. The van der Waals surface area contributed by atoms with Crippen molar-refractivity contribution < 1.29 is 19.0 Å². The van der Waals surface area contributed by atoms with E-state index in [2.05, 4.69) is 33.0 Å². The summed E-state index contributed by atoms with van der Waals surface area (Å²) in [5, 5.41) is 20.8. The van der Waals surface area contributed by atoms with E-state index < -0.39 is 12.2 Å². The number of carbonyl (C=O) groups excluding carboxylic acids is 1. The van der Waals surface area contributed by atoms with Crippen molar-refractivity contribution in [2.45, 2.75) is 146 Å². The zero-order valence-electron chi connectivity index (χ0n) is 31.6. The van der Waals surface area contributed by atoms with Gasteiger partial charge < -0.3 is 20.6 Å². The number of hydrogen-bond acceptors (Lipinski definition) is 4. The zero-order chi connectivity index (χ0) is 35.9. The lowest BCUT2D eigenvalue weighted by molar-refractivity contribution is -0.135. The number of ether oxygens (including phenoxy) is 1. The number of benzene rings is 2. The van der Waals surface area contributed by atoms with Gasteiger partial charge >= 0.3 is 0 Å². The summed E-state index contributed by atoms with van der Waals surface area (Å²) in [4.78, 5) is 13.1. The van der Waals surface area contributed by atoms with Crippen LogP contribution in [0.5, 0.6) is 0 Å². The lowest BCUT2D eigenvalue weighted by atomic mass is 9.97. The van der Waals surface area contributed by atoms with Crippen LogP contribution in [0.25, 0.3) is 11.1 Å². The highest BCUT2D eigenvalue weighted by atomic mass is 19.1. The van der Waals surface area contributed by atoms with E-state index in [4.69, 9.17) is 10.1 Å². The summed E-state index contributed by atoms with van der Waals surface area (Å²) in [7, 11) is 0. The Morgan fingerprint density at radius 1 is 0.957 bits per heavy atom. The SMILES string of the molecule is CC.CCCC(C)C(O)COC(CC)C(=O)NC(Cc1ccc(-c2ccc(C=N)c(C)c2)cc1F)=C(C)CC.CCCC(C)CCC. The van der Waals surface area contributed by atoms with Gasteiger partial charge in [-0.1, -0.05) is 130 Å². The molecule has 5 nitrogen and oxygen atoms in total. The Hall–Kier alpha value is -2.83. The number of carbonyl (C=O) groups is 1. The van der Waals surface area contributed by atoms with E-state index >= 15 is 4.39 Å². The Kier molecular flexibility index (Phi) is 23.7. The Morgan fingerprint density at radius 3 is 2.02 bits per heavy atom. The second-order valence-corrected chi connectivity index (χ2v) is 12.5. The molecule has 2 aromatic rings. The van der Waals surface area contributed by atoms with Crippen molar-refractivity contribution in [3.8, 4) is 11.1 Å². The molecule has 0 radical (unpaired) electrons. The number of aliphatic hydroxyl groups excluding tert-OH is 1. The van der Waals surface area contributed by atoms with Crippen molar-refractivity contribution in [1.29, 1.82) is 5.41 Å². The fourth-order valence-electron chi connectivity index (χ4n) is 5.36.